The zero-order chi connectivity index (χ0) is 22.3. The first-order valence-electron chi connectivity index (χ1n) is 10.8. The van der Waals surface area contributed by atoms with Gasteiger partial charge in [0, 0.05) is 49.3 Å². The molecule has 3 aromatic rings. The molecule has 1 saturated carbocycles. The van der Waals surface area contributed by atoms with Crippen LogP contribution in [0.4, 0.5) is 0 Å². The van der Waals surface area contributed by atoms with E-state index in [4.69, 9.17) is 4.74 Å². The molecule has 1 aliphatic carbocycles. The highest BCUT2D eigenvalue weighted by Gasteiger charge is 2.45. The van der Waals surface area contributed by atoms with E-state index in [0.717, 1.165) is 34.3 Å². The van der Waals surface area contributed by atoms with Gasteiger partial charge in [-0.05, 0) is 45.2 Å². The predicted octanol–water partition coefficient (Wildman–Crippen LogP) is 3.37. The monoisotopic (exact) mass is 422 g/mol. The molecule has 1 amide bonds. The summed E-state index contributed by atoms with van der Waals surface area (Å²) in [4.78, 5) is 27.7. The quantitative estimate of drug-likeness (QED) is 0.548. The van der Waals surface area contributed by atoms with Crippen LogP contribution in [0.25, 0.3) is 10.9 Å². The van der Waals surface area contributed by atoms with E-state index in [0.29, 0.717) is 25.4 Å². The van der Waals surface area contributed by atoms with Crippen molar-refractivity contribution in [3.63, 3.8) is 0 Å². The minimum Gasteiger partial charge on any atom is -0.466 e. The first kappa shape index (κ1) is 21.2. The Kier molecular flexibility index (Phi) is 5.60. The summed E-state index contributed by atoms with van der Waals surface area (Å²) in [6.07, 6.45) is 0.767. The van der Waals surface area contributed by atoms with Crippen molar-refractivity contribution in [3.8, 4) is 0 Å². The minimum absolute atomic E-state index is 0.0316. The number of aromatic nitrogens is 3. The smallest absolute Gasteiger partial charge is 0.309 e. The van der Waals surface area contributed by atoms with Crippen LogP contribution in [0.2, 0.25) is 0 Å². The summed E-state index contributed by atoms with van der Waals surface area (Å²) in [6, 6.07) is 9.94. The number of hydrogen-bond donors (Lipinski definition) is 0. The van der Waals surface area contributed by atoms with E-state index >= 15 is 0 Å². The Morgan fingerprint density at radius 1 is 1.23 bits per heavy atom. The standard InChI is InChI=1S/C24H30N4O3/c1-6-31-24(30)19-11-18(19)13-28(14-20-15(2)25-27(5)16(20)3)23(29)22-12-17-9-7-8-10-21(17)26(22)4/h7-10,12,18-19H,6,11,13-14H2,1-5H3/t18-,19-/m1/s1. The molecule has 7 nitrogen and oxygen atoms in total. The molecule has 164 valence electrons. The van der Waals surface area contributed by atoms with Crippen LogP contribution in [0.1, 0.15) is 40.8 Å². The van der Waals surface area contributed by atoms with Crippen molar-refractivity contribution in [1.82, 2.24) is 19.2 Å². The van der Waals surface area contributed by atoms with Gasteiger partial charge in [0.15, 0.2) is 0 Å². The third-order valence-electron chi connectivity index (χ3n) is 6.43. The second-order valence-corrected chi connectivity index (χ2v) is 8.46. The summed E-state index contributed by atoms with van der Waals surface area (Å²) in [7, 11) is 3.84. The van der Waals surface area contributed by atoms with Crippen LogP contribution in [0.5, 0.6) is 0 Å². The molecule has 7 heteroatoms. The van der Waals surface area contributed by atoms with Gasteiger partial charge >= 0.3 is 5.97 Å². The van der Waals surface area contributed by atoms with Crippen LogP contribution in [0, 0.1) is 25.7 Å². The summed E-state index contributed by atoms with van der Waals surface area (Å²) < 4.78 is 8.98. The Balaban J connectivity index is 1.63. The van der Waals surface area contributed by atoms with Crippen molar-refractivity contribution in [2.24, 2.45) is 25.9 Å². The first-order chi connectivity index (χ1) is 14.8. The number of rotatable bonds is 7. The average Bonchev–Trinajstić information content (AvgIpc) is 3.38. The van der Waals surface area contributed by atoms with E-state index < -0.39 is 0 Å². The van der Waals surface area contributed by atoms with Gasteiger partial charge in [-0.2, -0.15) is 5.10 Å². The van der Waals surface area contributed by atoms with Crippen molar-refractivity contribution < 1.29 is 14.3 Å². The number of hydrogen-bond acceptors (Lipinski definition) is 4. The molecule has 4 rings (SSSR count). The van der Waals surface area contributed by atoms with Gasteiger partial charge in [-0.15, -0.1) is 0 Å². The lowest BCUT2D eigenvalue weighted by atomic mass is 10.1. The average molecular weight is 423 g/mol. The fourth-order valence-electron chi connectivity index (χ4n) is 4.38. The molecule has 0 aliphatic heterocycles. The predicted molar refractivity (Wildman–Crippen MR) is 119 cm³/mol. The molecular weight excluding hydrogens is 392 g/mol. The van der Waals surface area contributed by atoms with Crippen molar-refractivity contribution in [2.75, 3.05) is 13.2 Å². The van der Waals surface area contributed by atoms with Gasteiger partial charge in [0.1, 0.15) is 5.69 Å². The Labute approximate surface area is 182 Å². The van der Waals surface area contributed by atoms with Gasteiger partial charge in [-0.25, -0.2) is 0 Å². The van der Waals surface area contributed by atoms with Crippen LogP contribution < -0.4 is 0 Å². The van der Waals surface area contributed by atoms with Crippen LogP contribution >= 0.6 is 0 Å². The van der Waals surface area contributed by atoms with Gasteiger partial charge in [-0.3, -0.25) is 14.3 Å². The number of benzene rings is 1. The summed E-state index contributed by atoms with van der Waals surface area (Å²) in [6.45, 7) is 7.19. The van der Waals surface area contributed by atoms with E-state index in [9.17, 15) is 9.59 Å². The first-order valence-corrected chi connectivity index (χ1v) is 10.8. The molecule has 0 unspecified atom stereocenters. The molecule has 31 heavy (non-hydrogen) atoms. The van der Waals surface area contributed by atoms with E-state index in [1.165, 1.54) is 0 Å². The zero-order valence-corrected chi connectivity index (χ0v) is 18.9. The molecule has 0 N–H and O–H groups in total. The number of esters is 1. The Morgan fingerprint density at radius 2 is 1.97 bits per heavy atom. The molecule has 1 aliphatic rings. The molecule has 0 saturated heterocycles. The fraction of sp³-hybridized carbons (Fsp3) is 0.458. The number of carbonyl (C=O) groups is 2. The molecule has 2 atom stereocenters. The number of para-hydroxylation sites is 1. The number of amides is 1. The summed E-state index contributed by atoms with van der Waals surface area (Å²) in [5.41, 5.74) is 4.70. The van der Waals surface area contributed by atoms with Crippen molar-refractivity contribution >= 4 is 22.8 Å². The van der Waals surface area contributed by atoms with Crippen molar-refractivity contribution in [2.45, 2.75) is 33.7 Å². The van der Waals surface area contributed by atoms with Gasteiger partial charge in [0.2, 0.25) is 0 Å². The number of aryl methyl sites for hydroxylation is 3. The van der Waals surface area contributed by atoms with Crippen LogP contribution in [-0.4, -0.2) is 44.3 Å². The molecule has 1 aromatic carbocycles. The van der Waals surface area contributed by atoms with E-state index in [1.807, 2.05) is 79.3 Å². The Morgan fingerprint density at radius 3 is 2.61 bits per heavy atom. The highest BCUT2D eigenvalue weighted by molar-refractivity contribution is 5.98. The summed E-state index contributed by atoms with van der Waals surface area (Å²) >= 11 is 0. The van der Waals surface area contributed by atoms with E-state index in [-0.39, 0.29) is 23.7 Å². The lowest BCUT2D eigenvalue weighted by Crippen LogP contribution is -2.34. The van der Waals surface area contributed by atoms with Crippen LogP contribution in [0.15, 0.2) is 30.3 Å². The molecule has 0 radical (unpaired) electrons. The Hall–Kier alpha value is -3.09. The van der Waals surface area contributed by atoms with Gasteiger partial charge in [0.05, 0.1) is 18.2 Å². The summed E-state index contributed by atoms with van der Waals surface area (Å²) in [5, 5.41) is 5.55. The molecule has 2 aromatic heterocycles. The van der Waals surface area contributed by atoms with Gasteiger partial charge in [0.25, 0.3) is 5.91 Å². The molecular formula is C24H30N4O3. The highest BCUT2D eigenvalue weighted by atomic mass is 16.5. The minimum atomic E-state index is -0.154. The maximum atomic E-state index is 13.7. The lowest BCUT2D eigenvalue weighted by Gasteiger charge is -2.23. The fourth-order valence-corrected chi connectivity index (χ4v) is 4.38. The van der Waals surface area contributed by atoms with Crippen molar-refractivity contribution in [1.29, 1.82) is 0 Å². The third-order valence-corrected chi connectivity index (χ3v) is 6.43. The second kappa shape index (κ2) is 8.21. The normalized spacial score (nSPS) is 17.7. The van der Waals surface area contributed by atoms with Crippen LogP contribution in [0.3, 0.4) is 0 Å². The topological polar surface area (TPSA) is 69.4 Å². The van der Waals surface area contributed by atoms with Gasteiger partial charge in [-0.1, -0.05) is 18.2 Å². The maximum absolute atomic E-state index is 13.7. The largest absolute Gasteiger partial charge is 0.466 e. The molecule has 0 bridgehead atoms. The lowest BCUT2D eigenvalue weighted by molar-refractivity contribution is -0.145. The van der Waals surface area contributed by atoms with Gasteiger partial charge < -0.3 is 14.2 Å². The number of carbonyl (C=O) groups excluding carboxylic acids is 2. The van der Waals surface area contributed by atoms with Crippen LogP contribution in [-0.2, 0) is 30.2 Å². The van der Waals surface area contributed by atoms with Crippen molar-refractivity contribution in [3.05, 3.63) is 53.0 Å². The SMILES string of the molecule is CCOC(=O)[C@@H]1C[C@@H]1CN(Cc1c(C)nn(C)c1C)C(=O)c1cc2ccccc2n1C. The van der Waals surface area contributed by atoms with E-state index in [2.05, 4.69) is 5.10 Å². The zero-order valence-electron chi connectivity index (χ0n) is 18.9. The summed E-state index contributed by atoms with van der Waals surface area (Å²) in [5.74, 6) is -0.164. The molecule has 2 heterocycles. The Bertz CT molecular complexity index is 1140. The van der Waals surface area contributed by atoms with E-state index in [1.54, 1.807) is 0 Å². The molecule has 1 fully saturated rings. The second-order valence-electron chi connectivity index (χ2n) is 8.46. The highest BCUT2D eigenvalue weighted by Crippen LogP contribution is 2.40. The number of ether oxygens (including phenoxy) is 1. The number of nitrogens with zero attached hydrogens (tertiary/aromatic N) is 4. The molecule has 0 spiro atoms. The third kappa shape index (κ3) is 3.96. The maximum Gasteiger partial charge on any atom is 0.309 e. The number of fused-ring (bicyclic) bond motifs is 1.